The van der Waals surface area contributed by atoms with Crippen molar-refractivity contribution in [2.75, 3.05) is 13.1 Å². The first kappa shape index (κ1) is 15.7. The summed E-state index contributed by atoms with van der Waals surface area (Å²) in [5, 5.41) is 0. The van der Waals surface area contributed by atoms with Crippen molar-refractivity contribution in [2.45, 2.75) is 18.8 Å². The fraction of sp³-hybridized carbons (Fsp3) is 0.300. The molecule has 4 rings (SSSR count). The standard InChI is InChI=1S/C20H22N3P/c24-23-12-4-7-17(14-23)20(15-5-2-1-3-6-15)16-8-9-18-19(13-16)22-11-10-21-18/h1-3,5-6,8-11,13,17,20H,4,7,12,14,24H2. The third-order valence-electron chi connectivity index (χ3n) is 4.97. The van der Waals surface area contributed by atoms with E-state index in [1.165, 1.54) is 30.5 Å². The molecule has 1 aromatic heterocycles. The topological polar surface area (TPSA) is 29.0 Å². The maximum atomic E-state index is 4.50. The van der Waals surface area contributed by atoms with E-state index in [1.54, 1.807) is 12.4 Å². The van der Waals surface area contributed by atoms with Crippen molar-refractivity contribution in [1.82, 2.24) is 14.6 Å². The zero-order valence-electron chi connectivity index (χ0n) is 13.7. The highest BCUT2D eigenvalue weighted by Crippen LogP contribution is 2.38. The van der Waals surface area contributed by atoms with Gasteiger partial charge < -0.3 is 0 Å². The van der Waals surface area contributed by atoms with Crippen LogP contribution in [0.4, 0.5) is 0 Å². The second-order valence-corrected chi connectivity index (χ2v) is 7.32. The number of hydrogen-bond donors (Lipinski definition) is 0. The number of nitrogens with zero attached hydrogens (tertiary/aromatic N) is 3. The lowest BCUT2D eigenvalue weighted by atomic mass is 9.77. The van der Waals surface area contributed by atoms with Crippen LogP contribution in [0, 0.1) is 5.92 Å². The smallest absolute Gasteiger partial charge is 0.0889 e. The minimum atomic E-state index is 0.404. The van der Waals surface area contributed by atoms with Crippen LogP contribution in [0.3, 0.4) is 0 Å². The molecular formula is C20H22N3P. The van der Waals surface area contributed by atoms with Gasteiger partial charge in [-0.3, -0.25) is 14.6 Å². The van der Waals surface area contributed by atoms with E-state index in [-0.39, 0.29) is 0 Å². The lowest BCUT2D eigenvalue weighted by Crippen LogP contribution is -2.32. The molecule has 1 aliphatic rings. The molecule has 4 heteroatoms. The number of aromatic nitrogens is 2. The van der Waals surface area contributed by atoms with Gasteiger partial charge in [0.1, 0.15) is 0 Å². The molecule has 0 bridgehead atoms. The van der Waals surface area contributed by atoms with Crippen molar-refractivity contribution in [2.24, 2.45) is 5.92 Å². The predicted octanol–water partition coefficient (Wildman–Crippen LogP) is 4.26. The largest absolute Gasteiger partial charge is 0.287 e. The number of rotatable bonds is 3. The van der Waals surface area contributed by atoms with Crippen LogP contribution in [0.25, 0.3) is 11.0 Å². The molecular weight excluding hydrogens is 313 g/mol. The Balaban J connectivity index is 1.78. The molecule has 1 aliphatic heterocycles. The first-order chi connectivity index (χ1) is 11.8. The van der Waals surface area contributed by atoms with E-state index in [9.17, 15) is 0 Å². The zero-order chi connectivity index (χ0) is 16.4. The van der Waals surface area contributed by atoms with Crippen LogP contribution >= 0.6 is 9.39 Å². The van der Waals surface area contributed by atoms with Gasteiger partial charge in [-0.25, -0.2) is 0 Å². The van der Waals surface area contributed by atoms with Crippen LogP contribution in [0.15, 0.2) is 60.9 Å². The van der Waals surface area contributed by atoms with Crippen molar-refractivity contribution < 1.29 is 0 Å². The summed E-state index contributed by atoms with van der Waals surface area (Å²) in [4.78, 5) is 8.91. The Hall–Kier alpha value is -1.83. The molecule has 3 aromatic rings. The Morgan fingerprint density at radius 3 is 2.54 bits per heavy atom. The van der Waals surface area contributed by atoms with E-state index in [2.05, 4.69) is 72.6 Å². The lowest BCUT2D eigenvalue weighted by Gasteiger charge is -2.35. The van der Waals surface area contributed by atoms with Crippen LogP contribution in [0.2, 0.25) is 0 Å². The molecule has 3 atom stereocenters. The monoisotopic (exact) mass is 335 g/mol. The number of piperidine rings is 1. The zero-order valence-corrected chi connectivity index (χ0v) is 14.8. The normalized spacial score (nSPS) is 20.1. The van der Waals surface area contributed by atoms with Gasteiger partial charge in [-0.15, -0.1) is 0 Å². The fourth-order valence-corrected chi connectivity index (χ4v) is 4.34. The molecule has 1 fully saturated rings. The molecule has 0 saturated carbocycles. The Labute approximate surface area is 145 Å². The van der Waals surface area contributed by atoms with Gasteiger partial charge in [-0.05, 0) is 42.0 Å². The van der Waals surface area contributed by atoms with Gasteiger partial charge in [0, 0.05) is 31.4 Å². The molecule has 0 spiro atoms. The minimum absolute atomic E-state index is 0.404. The first-order valence-electron chi connectivity index (χ1n) is 8.56. The Morgan fingerprint density at radius 2 is 1.75 bits per heavy atom. The minimum Gasteiger partial charge on any atom is -0.287 e. The highest BCUT2D eigenvalue weighted by atomic mass is 31.0. The number of fused-ring (bicyclic) bond motifs is 1. The molecule has 0 amide bonds. The van der Waals surface area contributed by atoms with E-state index in [1.807, 2.05) is 0 Å². The highest BCUT2D eigenvalue weighted by molar-refractivity contribution is 7.13. The molecule has 3 unspecified atom stereocenters. The Bertz CT molecular complexity index is 821. The molecule has 2 aromatic carbocycles. The Kier molecular flexibility index (Phi) is 4.55. The second kappa shape index (κ2) is 6.96. The molecule has 2 heterocycles. The van der Waals surface area contributed by atoms with Crippen LogP contribution in [0.1, 0.15) is 29.9 Å². The van der Waals surface area contributed by atoms with Crippen molar-refractivity contribution in [3.63, 3.8) is 0 Å². The van der Waals surface area contributed by atoms with Crippen LogP contribution < -0.4 is 0 Å². The van der Waals surface area contributed by atoms with Crippen LogP contribution in [-0.4, -0.2) is 27.7 Å². The van der Waals surface area contributed by atoms with Gasteiger partial charge in [0.05, 0.1) is 11.0 Å². The molecule has 0 radical (unpaired) electrons. The average Bonchev–Trinajstić information content (AvgIpc) is 2.63. The van der Waals surface area contributed by atoms with Gasteiger partial charge in [0.2, 0.25) is 0 Å². The molecule has 122 valence electrons. The van der Waals surface area contributed by atoms with Gasteiger partial charge in [-0.1, -0.05) is 45.8 Å². The second-order valence-electron chi connectivity index (χ2n) is 6.59. The van der Waals surface area contributed by atoms with E-state index in [4.69, 9.17) is 0 Å². The summed E-state index contributed by atoms with van der Waals surface area (Å²) < 4.78 is 2.38. The van der Waals surface area contributed by atoms with Crippen molar-refractivity contribution in [3.05, 3.63) is 72.1 Å². The van der Waals surface area contributed by atoms with E-state index in [0.717, 1.165) is 17.6 Å². The summed E-state index contributed by atoms with van der Waals surface area (Å²) in [6.45, 7) is 2.29. The summed E-state index contributed by atoms with van der Waals surface area (Å²) in [6, 6.07) is 17.5. The van der Waals surface area contributed by atoms with Gasteiger partial charge in [0.25, 0.3) is 0 Å². The summed E-state index contributed by atoms with van der Waals surface area (Å²) in [5.41, 5.74) is 4.68. The van der Waals surface area contributed by atoms with Crippen molar-refractivity contribution in [1.29, 1.82) is 0 Å². The molecule has 0 aliphatic carbocycles. The summed E-state index contributed by atoms with van der Waals surface area (Å²) in [7, 11) is 2.88. The Morgan fingerprint density at radius 1 is 0.958 bits per heavy atom. The fourth-order valence-electron chi connectivity index (χ4n) is 3.88. The van der Waals surface area contributed by atoms with E-state index in [0.29, 0.717) is 11.8 Å². The van der Waals surface area contributed by atoms with E-state index < -0.39 is 0 Å². The van der Waals surface area contributed by atoms with Crippen LogP contribution in [0.5, 0.6) is 0 Å². The quantitative estimate of drug-likeness (QED) is 0.670. The number of benzene rings is 2. The van der Waals surface area contributed by atoms with Crippen molar-refractivity contribution in [3.8, 4) is 0 Å². The summed E-state index contributed by atoms with van der Waals surface area (Å²) >= 11 is 0. The average molecular weight is 335 g/mol. The predicted molar refractivity (Wildman–Crippen MR) is 102 cm³/mol. The van der Waals surface area contributed by atoms with Gasteiger partial charge in [0.15, 0.2) is 0 Å². The van der Waals surface area contributed by atoms with Gasteiger partial charge in [-0.2, -0.15) is 0 Å². The molecule has 3 nitrogen and oxygen atoms in total. The van der Waals surface area contributed by atoms with Crippen molar-refractivity contribution >= 4 is 20.4 Å². The van der Waals surface area contributed by atoms with Gasteiger partial charge >= 0.3 is 0 Å². The molecule has 24 heavy (non-hydrogen) atoms. The maximum Gasteiger partial charge on any atom is 0.0889 e. The summed E-state index contributed by atoms with van der Waals surface area (Å²) in [6.07, 6.45) is 6.05. The number of hydrogen-bond acceptors (Lipinski definition) is 3. The highest BCUT2D eigenvalue weighted by Gasteiger charge is 2.28. The van der Waals surface area contributed by atoms with Crippen LogP contribution in [-0.2, 0) is 0 Å². The lowest BCUT2D eigenvalue weighted by molar-refractivity contribution is 0.264. The maximum absolute atomic E-state index is 4.50. The first-order valence-corrected chi connectivity index (χ1v) is 9.08. The molecule has 0 N–H and O–H groups in total. The third kappa shape index (κ3) is 3.19. The summed E-state index contributed by atoms with van der Waals surface area (Å²) in [5.74, 6) is 1.02. The molecule has 1 saturated heterocycles. The van der Waals surface area contributed by atoms with E-state index >= 15 is 0 Å². The SMILES string of the molecule is PN1CCCC(C(c2ccccc2)c2ccc3nccnc3c2)C1. The third-order valence-corrected chi connectivity index (χ3v) is 5.44.